The van der Waals surface area contributed by atoms with Gasteiger partial charge in [0.25, 0.3) is 0 Å². The van der Waals surface area contributed by atoms with E-state index in [9.17, 15) is 9.18 Å². The van der Waals surface area contributed by atoms with Crippen LogP contribution >= 0.6 is 0 Å². The number of rotatable bonds is 10. The lowest BCUT2D eigenvalue weighted by Crippen LogP contribution is -2.30. The predicted octanol–water partition coefficient (Wildman–Crippen LogP) is 1.42. The molecule has 0 bridgehead atoms. The van der Waals surface area contributed by atoms with Gasteiger partial charge in [-0.25, -0.2) is 4.39 Å². The molecule has 0 atom stereocenters. The van der Waals surface area contributed by atoms with Crippen molar-refractivity contribution in [3.05, 3.63) is 35.6 Å². The molecule has 0 aromatic heterocycles. The van der Waals surface area contributed by atoms with Gasteiger partial charge in [-0.05, 0) is 51.7 Å². The Morgan fingerprint density at radius 3 is 2.67 bits per heavy atom. The van der Waals surface area contributed by atoms with E-state index in [0.29, 0.717) is 31.5 Å². The Hall–Kier alpha value is -1.46. The van der Waals surface area contributed by atoms with E-state index in [1.54, 1.807) is 18.2 Å². The predicted molar refractivity (Wildman–Crippen MR) is 83.8 cm³/mol. The third-order valence-electron chi connectivity index (χ3n) is 3.16. The standard InChI is InChI=1S/C16H26FN3O/c1-20(2)13-5-10-18-11-9-16(21)19-12-8-14-6-3-4-7-15(14)17/h3-4,6-7,18H,5,8-13H2,1-2H3,(H,19,21). The topological polar surface area (TPSA) is 44.4 Å². The molecule has 0 saturated heterocycles. The van der Waals surface area contributed by atoms with Gasteiger partial charge in [0.2, 0.25) is 5.91 Å². The van der Waals surface area contributed by atoms with Gasteiger partial charge in [-0.15, -0.1) is 0 Å². The molecule has 1 aromatic carbocycles. The summed E-state index contributed by atoms with van der Waals surface area (Å²) < 4.78 is 13.4. The molecule has 4 nitrogen and oxygen atoms in total. The molecule has 0 aliphatic rings. The first kappa shape index (κ1) is 17.6. The Labute approximate surface area is 126 Å². The van der Waals surface area contributed by atoms with E-state index in [0.717, 1.165) is 19.5 Å². The van der Waals surface area contributed by atoms with Crippen molar-refractivity contribution in [1.29, 1.82) is 0 Å². The monoisotopic (exact) mass is 295 g/mol. The molecular formula is C16H26FN3O. The Balaban J connectivity index is 2.03. The van der Waals surface area contributed by atoms with E-state index in [1.807, 2.05) is 14.1 Å². The van der Waals surface area contributed by atoms with Crippen molar-refractivity contribution < 1.29 is 9.18 Å². The largest absolute Gasteiger partial charge is 0.356 e. The van der Waals surface area contributed by atoms with E-state index < -0.39 is 0 Å². The number of hydrogen-bond acceptors (Lipinski definition) is 3. The normalized spacial score (nSPS) is 10.9. The van der Waals surface area contributed by atoms with Gasteiger partial charge in [-0.2, -0.15) is 0 Å². The molecule has 5 heteroatoms. The summed E-state index contributed by atoms with van der Waals surface area (Å²) in [4.78, 5) is 13.7. The van der Waals surface area contributed by atoms with Crippen LogP contribution in [0.25, 0.3) is 0 Å². The molecule has 1 amide bonds. The van der Waals surface area contributed by atoms with Gasteiger partial charge in [0.05, 0.1) is 0 Å². The second kappa shape index (κ2) is 10.3. The molecular weight excluding hydrogens is 269 g/mol. The second-order valence-electron chi connectivity index (χ2n) is 5.35. The Morgan fingerprint density at radius 1 is 1.19 bits per heavy atom. The molecule has 1 aromatic rings. The second-order valence-corrected chi connectivity index (χ2v) is 5.35. The Kier molecular flexibility index (Phi) is 8.62. The highest BCUT2D eigenvalue weighted by Gasteiger charge is 2.03. The van der Waals surface area contributed by atoms with Crippen molar-refractivity contribution in [3.8, 4) is 0 Å². The summed E-state index contributed by atoms with van der Waals surface area (Å²) in [5, 5.41) is 6.06. The summed E-state index contributed by atoms with van der Waals surface area (Å²) in [6.45, 7) is 3.11. The van der Waals surface area contributed by atoms with Crippen LogP contribution in [0.1, 0.15) is 18.4 Å². The number of carbonyl (C=O) groups is 1. The average molecular weight is 295 g/mol. The number of amides is 1. The minimum absolute atomic E-state index is 0.00597. The van der Waals surface area contributed by atoms with E-state index in [2.05, 4.69) is 15.5 Å². The third kappa shape index (κ3) is 8.42. The lowest BCUT2D eigenvalue weighted by atomic mass is 10.1. The van der Waals surface area contributed by atoms with Gasteiger partial charge < -0.3 is 15.5 Å². The number of nitrogens with one attached hydrogen (secondary N) is 2. The molecule has 0 aliphatic heterocycles. The van der Waals surface area contributed by atoms with Crippen molar-refractivity contribution in [2.45, 2.75) is 19.3 Å². The quantitative estimate of drug-likeness (QED) is 0.642. The van der Waals surface area contributed by atoms with Crippen LogP contribution in [0, 0.1) is 5.82 Å². The number of nitrogens with zero attached hydrogens (tertiary/aromatic N) is 1. The van der Waals surface area contributed by atoms with Crippen LogP contribution in [0.4, 0.5) is 4.39 Å². The Morgan fingerprint density at radius 2 is 1.95 bits per heavy atom. The number of halogens is 1. The zero-order valence-electron chi connectivity index (χ0n) is 13.0. The van der Waals surface area contributed by atoms with Gasteiger partial charge in [0, 0.05) is 19.5 Å². The van der Waals surface area contributed by atoms with E-state index in [4.69, 9.17) is 0 Å². The zero-order valence-corrected chi connectivity index (χ0v) is 13.0. The van der Waals surface area contributed by atoms with Crippen LogP contribution in [0.5, 0.6) is 0 Å². The van der Waals surface area contributed by atoms with Gasteiger partial charge >= 0.3 is 0 Å². The van der Waals surface area contributed by atoms with Gasteiger partial charge in [0.1, 0.15) is 5.82 Å². The summed E-state index contributed by atoms with van der Waals surface area (Å²) >= 11 is 0. The highest BCUT2D eigenvalue weighted by atomic mass is 19.1. The maximum absolute atomic E-state index is 13.4. The molecule has 0 saturated carbocycles. The van der Waals surface area contributed by atoms with Crippen molar-refractivity contribution >= 4 is 5.91 Å². The smallest absolute Gasteiger partial charge is 0.221 e. The van der Waals surface area contributed by atoms with Crippen molar-refractivity contribution in [2.75, 3.05) is 40.3 Å². The molecule has 0 fully saturated rings. The summed E-state index contributed by atoms with van der Waals surface area (Å²) in [5.41, 5.74) is 0.639. The Bertz CT molecular complexity index is 424. The molecule has 0 aliphatic carbocycles. The molecule has 0 unspecified atom stereocenters. The lowest BCUT2D eigenvalue weighted by molar-refractivity contribution is -0.120. The molecule has 21 heavy (non-hydrogen) atoms. The minimum atomic E-state index is -0.214. The van der Waals surface area contributed by atoms with Gasteiger partial charge in [0.15, 0.2) is 0 Å². The average Bonchev–Trinajstić information content (AvgIpc) is 2.44. The summed E-state index contributed by atoms with van der Waals surface area (Å²) in [5.74, 6) is -0.208. The summed E-state index contributed by atoms with van der Waals surface area (Å²) in [6.07, 6.45) is 2.05. The van der Waals surface area contributed by atoms with Crippen molar-refractivity contribution in [1.82, 2.24) is 15.5 Å². The maximum Gasteiger partial charge on any atom is 0.221 e. The van der Waals surface area contributed by atoms with Crippen LogP contribution in [-0.4, -0.2) is 51.1 Å². The first-order valence-corrected chi connectivity index (χ1v) is 7.45. The first-order chi connectivity index (χ1) is 10.1. The molecule has 0 spiro atoms. The first-order valence-electron chi connectivity index (χ1n) is 7.45. The van der Waals surface area contributed by atoms with Crippen molar-refractivity contribution in [2.24, 2.45) is 0 Å². The SMILES string of the molecule is CN(C)CCCNCCC(=O)NCCc1ccccc1F. The number of hydrogen-bond donors (Lipinski definition) is 2. The summed E-state index contributed by atoms with van der Waals surface area (Å²) in [6, 6.07) is 6.65. The fourth-order valence-corrected chi connectivity index (χ4v) is 1.97. The van der Waals surface area contributed by atoms with Crippen LogP contribution < -0.4 is 10.6 Å². The molecule has 2 N–H and O–H groups in total. The zero-order chi connectivity index (χ0) is 15.5. The highest BCUT2D eigenvalue weighted by molar-refractivity contribution is 5.76. The maximum atomic E-state index is 13.4. The van der Waals surface area contributed by atoms with E-state index in [-0.39, 0.29) is 11.7 Å². The molecule has 118 valence electrons. The van der Waals surface area contributed by atoms with Crippen LogP contribution in [0.3, 0.4) is 0 Å². The lowest BCUT2D eigenvalue weighted by Gasteiger charge is -2.10. The van der Waals surface area contributed by atoms with Crippen LogP contribution in [-0.2, 0) is 11.2 Å². The fourth-order valence-electron chi connectivity index (χ4n) is 1.97. The highest BCUT2D eigenvalue weighted by Crippen LogP contribution is 2.06. The van der Waals surface area contributed by atoms with Gasteiger partial charge in [-0.3, -0.25) is 4.79 Å². The van der Waals surface area contributed by atoms with Crippen LogP contribution in [0.15, 0.2) is 24.3 Å². The van der Waals surface area contributed by atoms with Crippen LogP contribution in [0.2, 0.25) is 0 Å². The van der Waals surface area contributed by atoms with Crippen molar-refractivity contribution in [3.63, 3.8) is 0 Å². The summed E-state index contributed by atoms with van der Waals surface area (Å²) in [7, 11) is 4.09. The molecule has 0 radical (unpaired) electrons. The fraction of sp³-hybridized carbons (Fsp3) is 0.562. The van der Waals surface area contributed by atoms with E-state index >= 15 is 0 Å². The molecule has 0 heterocycles. The van der Waals surface area contributed by atoms with Gasteiger partial charge in [-0.1, -0.05) is 18.2 Å². The number of carbonyl (C=O) groups excluding carboxylic acids is 1. The number of benzene rings is 1. The molecule has 1 rings (SSSR count). The van der Waals surface area contributed by atoms with E-state index in [1.165, 1.54) is 6.07 Å². The third-order valence-corrected chi connectivity index (χ3v) is 3.16. The minimum Gasteiger partial charge on any atom is -0.356 e.